The van der Waals surface area contributed by atoms with Crippen LogP contribution in [0.1, 0.15) is 44.7 Å². The molecular formula is C19H21N5O3S. The second-order valence-electron chi connectivity index (χ2n) is 7.41. The standard InChI is InChI=1S/C19H21N5O3S/c1-11(2)10-28-19-21-18-20-14-4-3-5-15(25)16(14)17(23(18)22-19)12-6-8-13(9-7-12)24(26)27/h6-9,11,17H,3-5,10H2,1-2H3,(H,20,21,22). The lowest BCUT2D eigenvalue weighted by Crippen LogP contribution is -2.31. The average molecular weight is 399 g/mol. The topological polar surface area (TPSA) is 103 Å². The third kappa shape index (κ3) is 3.42. The van der Waals surface area contributed by atoms with Gasteiger partial charge in [0.1, 0.15) is 6.04 Å². The Balaban J connectivity index is 1.77. The summed E-state index contributed by atoms with van der Waals surface area (Å²) < 4.78 is 1.74. The molecular weight excluding hydrogens is 378 g/mol. The summed E-state index contributed by atoms with van der Waals surface area (Å²) in [4.78, 5) is 27.9. The van der Waals surface area contributed by atoms with Crippen molar-refractivity contribution >= 4 is 29.2 Å². The highest BCUT2D eigenvalue weighted by atomic mass is 32.2. The SMILES string of the molecule is CC(C)CSc1nc2n(n1)C(c1ccc([N+](=O)[O-])cc1)C1=C(CCCC1=O)N2. The number of thioether (sulfide) groups is 1. The van der Waals surface area contributed by atoms with E-state index in [1.54, 1.807) is 28.6 Å². The van der Waals surface area contributed by atoms with Gasteiger partial charge in [0.25, 0.3) is 5.69 Å². The molecule has 1 aromatic heterocycles. The highest BCUT2D eigenvalue weighted by molar-refractivity contribution is 7.99. The lowest BCUT2D eigenvalue weighted by molar-refractivity contribution is -0.384. The van der Waals surface area contributed by atoms with Crippen LogP contribution in [0.4, 0.5) is 11.6 Å². The molecule has 0 radical (unpaired) electrons. The summed E-state index contributed by atoms with van der Waals surface area (Å²) >= 11 is 1.58. The molecule has 0 saturated heterocycles. The summed E-state index contributed by atoms with van der Waals surface area (Å²) in [5.74, 6) is 2.12. The molecule has 1 aliphatic carbocycles. The van der Waals surface area contributed by atoms with Gasteiger partial charge in [-0.25, -0.2) is 4.68 Å². The molecule has 2 aliphatic rings. The lowest BCUT2D eigenvalue weighted by Gasteiger charge is -2.32. The molecule has 9 heteroatoms. The fourth-order valence-electron chi connectivity index (χ4n) is 3.53. The summed E-state index contributed by atoms with van der Waals surface area (Å²) in [5.41, 5.74) is 2.40. The number of ketones is 1. The number of nitro benzene ring substituents is 1. The number of rotatable bonds is 5. The Labute approximate surface area is 166 Å². The Morgan fingerprint density at radius 1 is 1.32 bits per heavy atom. The number of Topliss-reactive ketones (excluding diaryl/α,β-unsaturated/α-hetero) is 1. The minimum Gasteiger partial charge on any atom is -0.328 e. The average Bonchev–Trinajstić information content (AvgIpc) is 3.07. The van der Waals surface area contributed by atoms with Gasteiger partial charge in [0.15, 0.2) is 5.78 Å². The van der Waals surface area contributed by atoms with Crippen LogP contribution < -0.4 is 5.32 Å². The Kier molecular flexibility index (Phi) is 4.92. The molecule has 28 heavy (non-hydrogen) atoms. The lowest BCUT2D eigenvalue weighted by atomic mass is 9.85. The molecule has 146 valence electrons. The van der Waals surface area contributed by atoms with Crippen LogP contribution >= 0.6 is 11.8 Å². The van der Waals surface area contributed by atoms with Crippen LogP contribution in [0.5, 0.6) is 0 Å². The summed E-state index contributed by atoms with van der Waals surface area (Å²) in [5, 5.41) is 19.6. The molecule has 1 unspecified atom stereocenters. The molecule has 1 atom stereocenters. The highest BCUT2D eigenvalue weighted by Crippen LogP contribution is 2.40. The van der Waals surface area contributed by atoms with Crippen LogP contribution in [0.2, 0.25) is 0 Å². The Morgan fingerprint density at radius 2 is 2.07 bits per heavy atom. The largest absolute Gasteiger partial charge is 0.328 e. The Morgan fingerprint density at radius 3 is 2.75 bits per heavy atom. The van der Waals surface area contributed by atoms with E-state index < -0.39 is 11.0 Å². The number of fused-ring (bicyclic) bond motifs is 1. The van der Waals surface area contributed by atoms with Crippen molar-refractivity contribution in [3.8, 4) is 0 Å². The van der Waals surface area contributed by atoms with Gasteiger partial charge in [-0.05, 0) is 36.5 Å². The second-order valence-corrected chi connectivity index (χ2v) is 8.40. The number of allylic oxidation sites excluding steroid dienone is 2. The minimum atomic E-state index is -0.426. The number of hydrogen-bond acceptors (Lipinski definition) is 7. The monoisotopic (exact) mass is 399 g/mol. The fourth-order valence-corrected chi connectivity index (χ4v) is 4.30. The van der Waals surface area contributed by atoms with Crippen LogP contribution in [0.3, 0.4) is 0 Å². The summed E-state index contributed by atoms with van der Waals surface area (Å²) in [6.45, 7) is 4.28. The van der Waals surface area contributed by atoms with Gasteiger partial charge in [-0.3, -0.25) is 14.9 Å². The van der Waals surface area contributed by atoms with Crippen LogP contribution in [-0.2, 0) is 4.79 Å². The van der Waals surface area contributed by atoms with E-state index in [0.29, 0.717) is 29.0 Å². The van der Waals surface area contributed by atoms with E-state index in [-0.39, 0.29) is 11.5 Å². The maximum atomic E-state index is 12.7. The normalized spacial score (nSPS) is 18.7. The zero-order chi connectivity index (χ0) is 19.8. The van der Waals surface area contributed by atoms with Crippen LogP contribution in [0.15, 0.2) is 40.7 Å². The predicted molar refractivity (Wildman–Crippen MR) is 106 cm³/mol. The highest BCUT2D eigenvalue weighted by Gasteiger charge is 2.37. The summed E-state index contributed by atoms with van der Waals surface area (Å²) in [6.07, 6.45) is 2.09. The first-order chi connectivity index (χ1) is 13.4. The van der Waals surface area contributed by atoms with Crippen molar-refractivity contribution in [2.75, 3.05) is 11.1 Å². The molecule has 0 bridgehead atoms. The van der Waals surface area contributed by atoms with E-state index >= 15 is 0 Å². The number of aromatic nitrogens is 3. The van der Waals surface area contributed by atoms with Crippen LogP contribution in [0, 0.1) is 16.0 Å². The number of nitro groups is 1. The smallest absolute Gasteiger partial charge is 0.269 e. The minimum absolute atomic E-state index is 0.0221. The van der Waals surface area contributed by atoms with Crippen molar-refractivity contribution in [2.24, 2.45) is 5.92 Å². The molecule has 1 N–H and O–H groups in total. The molecule has 0 saturated carbocycles. The van der Waals surface area contributed by atoms with E-state index in [2.05, 4.69) is 29.2 Å². The molecule has 1 aromatic carbocycles. The van der Waals surface area contributed by atoms with Crippen LogP contribution in [-0.4, -0.2) is 31.2 Å². The third-order valence-electron chi connectivity index (χ3n) is 4.81. The number of non-ortho nitro benzene ring substituents is 1. The van der Waals surface area contributed by atoms with E-state index in [1.807, 2.05) is 0 Å². The molecule has 4 rings (SSSR count). The summed E-state index contributed by atoms with van der Waals surface area (Å²) in [7, 11) is 0. The number of carbonyl (C=O) groups is 1. The number of hydrogen-bond donors (Lipinski definition) is 1. The van der Waals surface area contributed by atoms with E-state index in [0.717, 1.165) is 29.9 Å². The van der Waals surface area contributed by atoms with Crippen molar-refractivity contribution in [2.45, 2.75) is 44.3 Å². The van der Waals surface area contributed by atoms with Gasteiger partial charge in [0.05, 0.1) is 4.92 Å². The van der Waals surface area contributed by atoms with Gasteiger partial charge in [0, 0.05) is 35.6 Å². The maximum Gasteiger partial charge on any atom is 0.269 e. The van der Waals surface area contributed by atoms with Gasteiger partial charge in [-0.2, -0.15) is 4.98 Å². The molecule has 0 fully saturated rings. The Hall–Kier alpha value is -2.68. The van der Waals surface area contributed by atoms with Crippen molar-refractivity contribution in [3.05, 3.63) is 51.2 Å². The number of anilines is 1. The van der Waals surface area contributed by atoms with Crippen molar-refractivity contribution in [1.29, 1.82) is 0 Å². The van der Waals surface area contributed by atoms with Gasteiger partial charge in [0.2, 0.25) is 11.1 Å². The first-order valence-corrected chi connectivity index (χ1v) is 10.3. The molecule has 8 nitrogen and oxygen atoms in total. The van der Waals surface area contributed by atoms with E-state index in [1.165, 1.54) is 12.1 Å². The molecule has 2 heterocycles. The van der Waals surface area contributed by atoms with E-state index in [4.69, 9.17) is 0 Å². The van der Waals surface area contributed by atoms with Crippen molar-refractivity contribution < 1.29 is 9.72 Å². The van der Waals surface area contributed by atoms with Gasteiger partial charge in [-0.1, -0.05) is 25.6 Å². The predicted octanol–water partition coefficient (Wildman–Crippen LogP) is 3.96. The molecule has 0 amide bonds. The van der Waals surface area contributed by atoms with Crippen LogP contribution in [0.25, 0.3) is 0 Å². The first kappa shape index (κ1) is 18.7. The third-order valence-corrected chi connectivity index (χ3v) is 6.08. The quantitative estimate of drug-likeness (QED) is 0.461. The summed E-state index contributed by atoms with van der Waals surface area (Å²) in [6, 6.07) is 5.92. The number of nitrogens with one attached hydrogen (secondary N) is 1. The number of benzene rings is 1. The second kappa shape index (κ2) is 7.38. The molecule has 0 spiro atoms. The van der Waals surface area contributed by atoms with Crippen molar-refractivity contribution in [3.63, 3.8) is 0 Å². The van der Waals surface area contributed by atoms with E-state index in [9.17, 15) is 14.9 Å². The first-order valence-electron chi connectivity index (χ1n) is 9.31. The van der Waals surface area contributed by atoms with Gasteiger partial charge < -0.3 is 5.32 Å². The number of carbonyl (C=O) groups excluding carboxylic acids is 1. The number of nitrogens with zero attached hydrogens (tertiary/aromatic N) is 4. The van der Waals surface area contributed by atoms with Gasteiger partial charge >= 0.3 is 0 Å². The van der Waals surface area contributed by atoms with Crippen molar-refractivity contribution in [1.82, 2.24) is 14.8 Å². The maximum absolute atomic E-state index is 12.7. The zero-order valence-corrected chi connectivity index (χ0v) is 16.5. The fraction of sp³-hybridized carbons (Fsp3) is 0.421. The zero-order valence-electron chi connectivity index (χ0n) is 15.7. The van der Waals surface area contributed by atoms with Gasteiger partial charge in [-0.15, -0.1) is 5.10 Å². The Bertz CT molecular complexity index is 964. The molecule has 1 aliphatic heterocycles. The molecule has 2 aromatic rings.